The molecule has 0 unspecified atom stereocenters. The number of rotatable bonds is 4. The van der Waals surface area contributed by atoms with Crippen molar-refractivity contribution in [3.05, 3.63) is 84.0 Å². The molecule has 2 aliphatic rings. The van der Waals surface area contributed by atoms with Crippen molar-refractivity contribution >= 4 is 17.4 Å². The standard InChI is InChI=1S/C26H24N4O2/c27-25-24-23(29-26(30(24)11-10-28-25)20-12-16(13-20)15-31)19-7-6-18-8-9-21(32-22(18)14-19)17-4-2-1-3-5-17/h1-11,14,16,20-21,31H,12-13,15H2,(H2,27,28)/t16-,20+,21-/m1/s1. The van der Waals surface area contributed by atoms with Gasteiger partial charge in [0.1, 0.15) is 34.7 Å². The van der Waals surface area contributed by atoms with E-state index in [2.05, 4.69) is 45.8 Å². The molecule has 3 N–H and O–H groups in total. The average Bonchev–Trinajstić information content (AvgIpc) is 3.19. The molecule has 6 heteroatoms. The molecule has 0 radical (unpaired) electrons. The van der Waals surface area contributed by atoms with Crippen LogP contribution in [0.4, 0.5) is 5.82 Å². The number of hydrogen-bond acceptors (Lipinski definition) is 5. The summed E-state index contributed by atoms with van der Waals surface area (Å²) in [5.41, 5.74) is 11.0. The molecule has 2 aromatic heterocycles. The van der Waals surface area contributed by atoms with E-state index in [-0.39, 0.29) is 12.7 Å². The smallest absolute Gasteiger partial charge is 0.150 e. The molecule has 1 fully saturated rings. The highest BCUT2D eigenvalue weighted by molar-refractivity contribution is 5.86. The summed E-state index contributed by atoms with van der Waals surface area (Å²) in [5, 5.41) is 9.43. The largest absolute Gasteiger partial charge is 0.481 e. The van der Waals surface area contributed by atoms with Crippen LogP contribution in [0.15, 0.2) is 67.0 Å². The zero-order valence-electron chi connectivity index (χ0n) is 17.6. The Kier molecular flexibility index (Phi) is 4.47. The number of nitrogens with zero attached hydrogens (tertiary/aromatic N) is 3. The van der Waals surface area contributed by atoms with Crippen LogP contribution in [0, 0.1) is 5.92 Å². The molecule has 1 aliphatic heterocycles. The highest BCUT2D eigenvalue weighted by Gasteiger charge is 2.34. The SMILES string of the molecule is Nc1nccn2c1c(-c1ccc3c(c1)O[C@@H](c1ccccc1)C=C3)nc2[C@H]1C[C@@H](CO)C1. The fourth-order valence-corrected chi connectivity index (χ4v) is 4.78. The van der Waals surface area contributed by atoms with Gasteiger partial charge in [-0.25, -0.2) is 9.97 Å². The lowest BCUT2D eigenvalue weighted by atomic mass is 9.75. The van der Waals surface area contributed by atoms with E-state index in [9.17, 15) is 5.11 Å². The molecule has 1 aliphatic carbocycles. The lowest BCUT2D eigenvalue weighted by molar-refractivity contribution is 0.138. The fraction of sp³-hybridized carbons (Fsp3) is 0.231. The van der Waals surface area contributed by atoms with Crippen LogP contribution in [0.5, 0.6) is 5.75 Å². The van der Waals surface area contributed by atoms with Gasteiger partial charge < -0.3 is 15.6 Å². The number of nitrogen functional groups attached to an aromatic ring is 1. The summed E-state index contributed by atoms with van der Waals surface area (Å²) in [6, 6.07) is 16.4. The Labute approximate surface area is 186 Å². The van der Waals surface area contributed by atoms with Gasteiger partial charge in [-0.1, -0.05) is 48.5 Å². The van der Waals surface area contributed by atoms with Gasteiger partial charge in [0, 0.05) is 36.0 Å². The first kappa shape index (κ1) is 19.1. The van der Waals surface area contributed by atoms with Crippen LogP contribution in [0.1, 0.15) is 41.8 Å². The third-order valence-electron chi connectivity index (χ3n) is 6.59. The Morgan fingerprint density at radius 1 is 1.12 bits per heavy atom. The Morgan fingerprint density at radius 3 is 2.78 bits per heavy atom. The number of aliphatic hydroxyl groups excluding tert-OH is 1. The monoisotopic (exact) mass is 424 g/mol. The topological polar surface area (TPSA) is 85.7 Å². The Bertz CT molecular complexity index is 1320. The van der Waals surface area contributed by atoms with Gasteiger partial charge in [-0.2, -0.15) is 0 Å². The second-order valence-electron chi connectivity index (χ2n) is 8.63. The number of aliphatic hydroxyl groups is 1. The number of anilines is 1. The van der Waals surface area contributed by atoms with Gasteiger partial charge in [0.05, 0.1) is 0 Å². The van der Waals surface area contributed by atoms with Gasteiger partial charge in [0.25, 0.3) is 0 Å². The number of ether oxygens (including phenoxy) is 1. The highest BCUT2D eigenvalue weighted by Crippen LogP contribution is 2.43. The van der Waals surface area contributed by atoms with Gasteiger partial charge in [-0.15, -0.1) is 0 Å². The van der Waals surface area contributed by atoms with Gasteiger partial charge in [0.15, 0.2) is 0 Å². The second kappa shape index (κ2) is 7.50. The predicted octanol–water partition coefficient (Wildman–Crippen LogP) is 4.61. The molecule has 0 saturated heterocycles. The van der Waals surface area contributed by atoms with Crippen LogP contribution in [0.3, 0.4) is 0 Å². The van der Waals surface area contributed by atoms with Crippen LogP contribution in [0.25, 0.3) is 22.9 Å². The third-order valence-corrected chi connectivity index (χ3v) is 6.59. The maximum atomic E-state index is 9.43. The van der Waals surface area contributed by atoms with E-state index in [0.29, 0.717) is 17.7 Å². The van der Waals surface area contributed by atoms with Crippen LogP contribution in [0.2, 0.25) is 0 Å². The summed E-state index contributed by atoms with van der Waals surface area (Å²) in [4.78, 5) is 9.34. The quantitative estimate of drug-likeness (QED) is 0.500. The summed E-state index contributed by atoms with van der Waals surface area (Å²) in [6.07, 6.45) is 9.58. The first-order chi connectivity index (χ1) is 15.7. The summed E-state index contributed by atoms with van der Waals surface area (Å²) < 4.78 is 8.40. The van der Waals surface area contributed by atoms with Gasteiger partial charge in [-0.05, 0) is 36.5 Å². The molecule has 1 saturated carbocycles. The van der Waals surface area contributed by atoms with E-state index in [1.54, 1.807) is 6.20 Å². The van der Waals surface area contributed by atoms with Crippen molar-refractivity contribution in [2.45, 2.75) is 24.9 Å². The Balaban J connectivity index is 1.41. The summed E-state index contributed by atoms with van der Waals surface area (Å²) in [6.45, 7) is 0.231. The lowest BCUT2D eigenvalue weighted by Gasteiger charge is -2.33. The fourth-order valence-electron chi connectivity index (χ4n) is 4.78. The Hall–Kier alpha value is -3.64. The molecule has 32 heavy (non-hydrogen) atoms. The normalized spacial score (nSPS) is 21.7. The van der Waals surface area contributed by atoms with Crippen molar-refractivity contribution in [2.75, 3.05) is 12.3 Å². The van der Waals surface area contributed by atoms with Crippen LogP contribution in [-0.4, -0.2) is 26.1 Å². The predicted molar refractivity (Wildman–Crippen MR) is 124 cm³/mol. The van der Waals surface area contributed by atoms with Crippen molar-refractivity contribution in [1.29, 1.82) is 0 Å². The van der Waals surface area contributed by atoms with Crippen molar-refractivity contribution in [1.82, 2.24) is 14.4 Å². The minimum atomic E-state index is -0.120. The molecular weight excluding hydrogens is 400 g/mol. The van der Waals surface area contributed by atoms with Crippen LogP contribution in [-0.2, 0) is 0 Å². The molecule has 1 atom stereocenters. The third kappa shape index (κ3) is 3.07. The number of nitrogens with two attached hydrogens (primary N) is 1. The van der Waals surface area contributed by atoms with E-state index >= 15 is 0 Å². The molecule has 6 nitrogen and oxygen atoms in total. The van der Waals surface area contributed by atoms with E-state index in [1.807, 2.05) is 30.5 Å². The summed E-state index contributed by atoms with van der Waals surface area (Å²) in [7, 11) is 0. The molecular formula is C26H24N4O2. The minimum absolute atomic E-state index is 0.120. The maximum absolute atomic E-state index is 9.43. The summed E-state index contributed by atoms with van der Waals surface area (Å²) in [5.74, 6) is 2.94. The van der Waals surface area contributed by atoms with Crippen LogP contribution < -0.4 is 10.5 Å². The van der Waals surface area contributed by atoms with Gasteiger partial charge in [-0.3, -0.25) is 4.40 Å². The lowest BCUT2D eigenvalue weighted by Crippen LogP contribution is -2.26. The molecule has 4 aromatic rings. The number of benzene rings is 2. The van der Waals surface area contributed by atoms with Gasteiger partial charge in [0.2, 0.25) is 0 Å². The van der Waals surface area contributed by atoms with Crippen LogP contribution >= 0.6 is 0 Å². The van der Waals surface area contributed by atoms with E-state index < -0.39 is 0 Å². The van der Waals surface area contributed by atoms with Crippen molar-refractivity contribution in [3.63, 3.8) is 0 Å². The van der Waals surface area contributed by atoms with E-state index in [4.69, 9.17) is 15.5 Å². The zero-order chi connectivity index (χ0) is 21.7. The van der Waals surface area contributed by atoms with Gasteiger partial charge >= 0.3 is 0 Å². The number of aromatic nitrogens is 3. The first-order valence-electron chi connectivity index (χ1n) is 11.0. The van der Waals surface area contributed by atoms with Crippen molar-refractivity contribution in [2.24, 2.45) is 5.92 Å². The number of fused-ring (bicyclic) bond motifs is 2. The maximum Gasteiger partial charge on any atom is 0.150 e. The highest BCUT2D eigenvalue weighted by atomic mass is 16.5. The van der Waals surface area contributed by atoms with E-state index in [0.717, 1.165) is 52.3 Å². The van der Waals surface area contributed by atoms with Crippen molar-refractivity contribution < 1.29 is 9.84 Å². The minimum Gasteiger partial charge on any atom is -0.481 e. The second-order valence-corrected chi connectivity index (χ2v) is 8.63. The molecule has 6 rings (SSSR count). The van der Waals surface area contributed by atoms with Crippen molar-refractivity contribution in [3.8, 4) is 17.0 Å². The molecule has 0 spiro atoms. The van der Waals surface area contributed by atoms with E-state index in [1.165, 1.54) is 0 Å². The summed E-state index contributed by atoms with van der Waals surface area (Å²) >= 11 is 0. The molecule has 2 aromatic carbocycles. The average molecular weight is 425 g/mol. The molecule has 160 valence electrons. The Morgan fingerprint density at radius 2 is 1.97 bits per heavy atom. The number of imidazole rings is 1. The molecule has 3 heterocycles. The molecule has 0 bridgehead atoms. The number of hydrogen-bond donors (Lipinski definition) is 2. The first-order valence-corrected chi connectivity index (χ1v) is 11.0. The molecule has 0 amide bonds. The zero-order valence-corrected chi connectivity index (χ0v) is 17.6.